The molecule has 0 amide bonds. The van der Waals surface area contributed by atoms with Gasteiger partial charge >= 0.3 is 0 Å². The Bertz CT molecular complexity index is 1190. The van der Waals surface area contributed by atoms with Crippen molar-refractivity contribution >= 4 is 0 Å². The highest BCUT2D eigenvalue weighted by Crippen LogP contribution is 2.36. The topological polar surface area (TPSA) is 0 Å². The van der Waals surface area contributed by atoms with Crippen LogP contribution >= 0.6 is 0 Å². The second kappa shape index (κ2) is 8.55. The van der Waals surface area contributed by atoms with Gasteiger partial charge in [0, 0.05) is 11.1 Å². The van der Waals surface area contributed by atoms with E-state index in [1.54, 1.807) is 6.07 Å². The zero-order chi connectivity index (χ0) is 22.1. The molecule has 0 saturated heterocycles. The Balaban J connectivity index is 1.61. The summed E-state index contributed by atoms with van der Waals surface area (Å²) in [5.74, 6) is 1.28. The van der Waals surface area contributed by atoms with Gasteiger partial charge in [-0.25, -0.2) is 22.0 Å². The van der Waals surface area contributed by atoms with Gasteiger partial charge in [0.25, 0.3) is 0 Å². The molecule has 3 aromatic rings. The van der Waals surface area contributed by atoms with Crippen LogP contribution in [0, 0.1) is 40.9 Å². The van der Waals surface area contributed by atoms with E-state index in [-0.39, 0.29) is 22.6 Å². The van der Waals surface area contributed by atoms with E-state index >= 15 is 0 Å². The first kappa shape index (κ1) is 21.1. The molecule has 5 heteroatoms. The van der Waals surface area contributed by atoms with Crippen LogP contribution in [0.5, 0.6) is 0 Å². The van der Waals surface area contributed by atoms with Crippen LogP contribution in [-0.2, 0) is 19.3 Å². The predicted octanol–water partition coefficient (Wildman–Crippen LogP) is 6.62. The van der Waals surface area contributed by atoms with Crippen molar-refractivity contribution in [1.29, 1.82) is 0 Å². The predicted molar refractivity (Wildman–Crippen MR) is 109 cm³/mol. The molecule has 0 heterocycles. The Hall–Kier alpha value is -3.13. The lowest BCUT2D eigenvalue weighted by Gasteiger charge is -2.26. The van der Waals surface area contributed by atoms with Gasteiger partial charge in [-0.3, -0.25) is 0 Å². The number of fused-ring (bicyclic) bond motifs is 1. The van der Waals surface area contributed by atoms with Gasteiger partial charge in [0.05, 0.1) is 5.56 Å². The standard InChI is InChI=1S/C26H19F5/c1-2-15-9-24(30)26(25(31)10-15)19-7-6-17-12-18(22(28)14-20(17)13-19)5-3-16-4-8-21(27)23(29)11-16/h4,8-12,14,19H,2,6-7,13H2,1H3. The summed E-state index contributed by atoms with van der Waals surface area (Å²) in [6, 6.07) is 8.95. The van der Waals surface area contributed by atoms with Gasteiger partial charge in [0.2, 0.25) is 0 Å². The molecule has 0 spiro atoms. The van der Waals surface area contributed by atoms with Gasteiger partial charge in [-0.2, -0.15) is 0 Å². The van der Waals surface area contributed by atoms with Crippen LogP contribution in [0.15, 0.2) is 42.5 Å². The molecule has 0 bridgehead atoms. The Morgan fingerprint density at radius 2 is 1.52 bits per heavy atom. The summed E-state index contributed by atoms with van der Waals surface area (Å²) in [7, 11) is 0. The maximum absolute atomic E-state index is 14.6. The Morgan fingerprint density at radius 3 is 2.19 bits per heavy atom. The third-order valence-electron chi connectivity index (χ3n) is 5.73. The maximum Gasteiger partial charge on any atom is 0.160 e. The van der Waals surface area contributed by atoms with Crippen molar-refractivity contribution in [1.82, 2.24) is 0 Å². The molecule has 4 rings (SSSR count). The van der Waals surface area contributed by atoms with Crippen LogP contribution in [0.25, 0.3) is 0 Å². The van der Waals surface area contributed by atoms with Gasteiger partial charge < -0.3 is 0 Å². The summed E-state index contributed by atoms with van der Waals surface area (Å²) in [5.41, 5.74) is 2.61. The normalized spacial score (nSPS) is 15.2. The maximum atomic E-state index is 14.6. The third kappa shape index (κ3) is 4.34. The number of hydrogen-bond donors (Lipinski definition) is 0. The fraction of sp³-hybridized carbons (Fsp3) is 0.231. The highest BCUT2D eigenvalue weighted by molar-refractivity contribution is 5.48. The molecular weight excluding hydrogens is 407 g/mol. The number of aryl methyl sites for hydroxylation is 2. The number of hydrogen-bond acceptors (Lipinski definition) is 0. The first-order valence-corrected chi connectivity index (χ1v) is 10.1. The SMILES string of the molecule is CCc1cc(F)c(C2CCc3cc(C#Cc4ccc(F)c(F)c4)c(F)cc3C2)c(F)c1. The van der Waals surface area contributed by atoms with E-state index in [0.717, 1.165) is 17.7 Å². The molecule has 0 saturated carbocycles. The van der Waals surface area contributed by atoms with Gasteiger partial charge in [0.15, 0.2) is 11.6 Å². The van der Waals surface area contributed by atoms with Crippen LogP contribution in [0.1, 0.15) is 52.6 Å². The van der Waals surface area contributed by atoms with E-state index in [1.807, 2.05) is 6.92 Å². The van der Waals surface area contributed by atoms with Crippen molar-refractivity contribution in [3.05, 3.63) is 105 Å². The first-order valence-electron chi connectivity index (χ1n) is 10.1. The quantitative estimate of drug-likeness (QED) is 0.319. The molecule has 1 atom stereocenters. The first-order chi connectivity index (χ1) is 14.9. The molecule has 0 aromatic heterocycles. The third-order valence-corrected chi connectivity index (χ3v) is 5.73. The van der Waals surface area contributed by atoms with Crippen molar-refractivity contribution < 1.29 is 22.0 Å². The summed E-state index contributed by atoms with van der Waals surface area (Å²) in [4.78, 5) is 0. The number of rotatable bonds is 2. The average molecular weight is 426 g/mol. The molecule has 0 fully saturated rings. The fourth-order valence-corrected chi connectivity index (χ4v) is 4.07. The van der Waals surface area contributed by atoms with Crippen LogP contribution in [0.4, 0.5) is 22.0 Å². The summed E-state index contributed by atoms with van der Waals surface area (Å²) < 4.78 is 70.0. The molecule has 0 radical (unpaired) electrons. The van der Waals surface area contributed by atoms with Crippen LogP contribution < -0.4 is 0 Å². The fourth-order valence-electron chi connectivity index (χ4n) is 4.07. The minimum Gasteiger partial charge on any atom is -0.207 e. The van der Waals surface area contributed by atoms with Crippen molar-refractivity contribution in [2.24, 2.45) is 0 Å². The molecule has 0 aliphatic heterocycles. The summed E-state index contributed by atoms with van der Waals surface area (Å²) in [6.45, 7) is 1.83. The van der Waals surface area contributed by atoms with Crippen LogP contribution in [-0.4, -0.2) is 0 Å². The molecule has 1 aliphatic rings. The second-order valence-corrected chi connectivity index (χ2v) is 7.75. The molecule has 158 valence electrons. The molecule has 0 N–H and O–H groups in total. The zero-order valence-electron chi connectivity index (χ0n) is 16.8. The van der Waals surface area contributed by atoms with Crippen LogP contribution in [0.2, 0.25) is 0 Å². The molecule has 0 nitrogen and oxygen atoms in total. The highest BCUT2D eigenvalue weighted by atomic mass is 19.2. The highest BCUT2D eigenvalue weighted by Gasteiger charge is 2.26. The smallest absolute Gasteiger partial charge is 0.160 e. The monoisotopic (exact) mass is 426 g/mol. The number of benzene rings is 3. The van der Waals surface area contributed by atoms with Gasteiger partial charge in [-0.05, 0) is 90.8 Å². The minimum absolute atomic E-state index is 0.0606. The molecule has 31 heavy (non-hydrogen) atoms. The van der Waals surface area contributed by atoms with Crippen molar-refractivity contribution in [2.45, 2.75) is 38.5 Å². The molecule has 1 aliphatic carbocycles. The van der Waals surface area contributed by atoms with Gasteiger partial charge in [0.1, 0.15) is 17.5 Å². The zero-order valence-corrected chi connectivity index (χ0v) is 16.8. The van der Waals surface area contributed by atoms with Crippen molar-refractivity contribution in [2.75, 3.05) is 0 Å². The lowest BCUT2D eigenvalue weighted by atomic mass is 9.79. The summed E-state index contributed by atoms with van der Waals surface area (Å²) >= 11 is 0. The van der Waals surface area contributed by atoms with E-state index in [0.29, 0.717) is 36.8 Å². The van der Waals surface area contributed by atoms with E-state index in [4.69, 9.17) is 0 Å². The Kier molecular flexibility index (Phi) is 5.82. The van der Waals surface area contributed by atoms with E-state index in [2.05, 4.69) is 11.8 Å². The van der Waals surface area contributed by atoms with E-state index < -0.39 is 29.1 Å². The lowest BCUT2D eigenvalue weighted by Crippen LogP contribution is -2.16. The van der Waals surface area contributed by atoms with E-state index in [1.165, 1.54) is 24.3 Å². The molecular formula is C26H19F5. The number of halogens is 5. The Morgan fingerprint density at radius 1 is 0.774 bits per heavy atom. The molecule has 3 aromatic carbocycles. The van der Waals surface area contributed by atoms with Gasteiger partial charge in [-0.1, -0.05) is 18.8 Å². The molecule has 1 unspecified atom stereocenters. The van der Waals surface area contributed by atoms with Crippen molar-refractivity contribution in [3.63, 3.8) is 0 Å². The Labute approximate surface area is 177 Å². The second-order valence-electron chi connectivity index (χ2n) is 7.75. The van der Waals surface area contributed by atoms with Crippen LogP contribution in [0.3, 0.4) is 0 Å². The lowest BCUT2D eigenvalue weighted by molar-refractivity contribution is 0.488. The van der Waals surface area contributed by atoms with Gasteiger partial charge in [-0.15, -0.1) is 0 Å². The summed E-state index contributed by atoms with van der Waals surface area (Å²) in [6.07, 6.45) is 1.95. The average Bonchev–Trinajstić information content (AvgIpc) is 2.74. The van der Waals surface area contributed by atoms with E-state index in [9.17, 15) is 22.0 Å². The summed E-state index contributed by atoms with van der Waals surface area (Å²) in [5, 5.41) is 0. The van der Waals surface area contributed by atoms with Crippen molar-refractivity contribution in [3.8, 4) is 11.8 Å². The minimum atomic E-state index is -1.02. The largest absolute Gasteiger partial charge is 0.207 e.